The smallest absolute Gasteiger partial charge is 0.0914 e. The Labute approximate surface area is 185 Å². The van der Waals surface area contributed by atoms with Crippen molar-refractivity contribution in [2.24, 2.45) is 0 Å². The third-order valence-corrected chi connectivity index (χ3v) is 6.21. The Hall–Kier alpha value is -2.70. The Kier molecular flexibility index (Phi) is 6.68. The van der Waals surface area contributed by atoms with E-state index in [0.717, 1.165) is 29.0 Å². The number of rotatable bonds is 7. The molecule has 0 aliphatic carbocycles. The third kappa shape index (κ3) is 4.97. The van der Waals surface area contributed by atoms with E-state index in [1.165, 1.54) is 42.9 Å². The maximum Gasteiger partial charge on any atom is 0.0914 e. The minimum absolute atomic E-state index is 0.600. The molecule has 0 bridgehead atoms. The van der Waals surface area contributed by atoms with Crippen LogP contribution in [0.5, 0.6) is 0 Å². The quantitative estimate of drug-likeness (QED) is 0.570. The molecule has 1 fully saturated rings. The number of hydrogen-bond donors (Lipinski definition) is 1. The normalized spacial score (nSPS) is 15.9. The molecule has 0 spiro atoms. The molecule has 0 unspecified atom stereocenters. The predicted molar refractivity (Wildman–Crippen MR) is 129 cm³/mol. The summed E-state index contributed by atoms with van der Waals surface area (Å²) in [5.74, 6) is 0. The summed E-state index contributed by atoms with van der Waals surface area (Å²) in [6.45, 7) is 8.22. The average molecular weight is 420 g/mol. The molecule has 2 aromatic heterocycles. The number of piperidine rings is 1. The molecule has 31 heavy (non-hydrogen) atoms. The second kappa shape index (κ2) is 9.62. The van der Waals surface area contributed by atoms with E-state index in [9.17, 15) is 0 Å². The van der Waals surface area contributed by atoms with Crippen molar-refractivity contribution in [2.45, 2.75) is 32.7 Å². The van der Waals surface area contributed by atoms with Crippen molar-refractivity contribution in [3.8, 4) is 0 Å². The monoisotopic (exact) mass is 419 g/mol. The van der Waals surface area contributed by atoms with E-state index in [0.29, 0.717) is 12.6 Å². The molecule has 1 aliphatic rings. The van der Waals surface area contributed by atoms with Gasteiger partial charge in [-0.15, -0.1) is 0 Å². The van der Waals surface area contributed by atoms with Crippen LogP contribution in [0.15, 0.2) is 30.5 Å². The van der Waals surface area contributed by atoms with Gasteiger partial charge in [0.1, 0.15) is 0 Å². The lowest BCUT2D eigenvalue weighted by Crippen LogP contribution is -2.32. The highest BCUT2D eigenvalue weighted by atomic mass is 16.5. The summed E-state index contributed by atoms with van der Waals surface area (Å²) in [4.78, 5) is 11.8. The number of aromatic nitrogens is 3. The van der Waals surface area contributed by atoms with Gasteiger partial charge in [0.2, 0.25) is 0 Å². The SMILES string of the molecule is COCCNc1ccc2ncc(/C=C/c3cc(C)n(C4CCN(C)CC4)c3C)nc2c1. The first-order valence-corrected chi connectivity index (χ1v) is 11.1. The molecule has 1 aliphatic heterocycles. The average Bonchev–Trinajstić information content (AvgIpc) is 3.06. The van der Waals surface area contributed by atoms with Crippen molar-refractivity contribution in [2.75, 3.05) is 45.7 Å². The first-order chi connectivity index (χ1) is 15.0. The van der Waals surface area contributed by atoms with E-state index < -0.39 is 0 Å². The molecular weight excluding hydrogens is 386 g/mol. The summed E-state index contributed by atoms with van der Waals surface area (Å²) >= 11 is 0. The predicted octanol–water partition coefficient (Wildman–Crippen LogP) is 4.54. The van der Waals surface area contributed by atoms with Crippen LogP contribution in [0.4, 0.5) is 5.69 Å². The first kappa shape index (κ1) is 21.5. The van der Waals surface area contributed by atoms with Gasteiger partial charge in [0.05, 0.1) is 29.5 Å². The molecule has 6 nitrogen and oxygen atoms in total. The van der Waals surface area contributed by atoms with Gasteiger partial charge >= 0.3 is 0 Å². The van der Waals surface area contributed by atoms with Crippen molar-refractivity contribution < 1.29 is 4.74 Å². The highest BCUT2D eigenvalue weighted by Crippen LogP contribution is 2.29. The lowest BCUT2D eigenvalue weighted by Gasteiger charge is -2.31. The van der Waals surface area contributed by atoms with E-state index in [2.05, 4.69) is 58.9 Å². The van der Waals surface area contributed by atoms with E-state index in [1.807, 2.05) is 24.4 Å². The van der Waals surface area contributed by atoms with Crippen LogP contribution in [-0.2, 0) is 4.74 Å². The van der Waals surface area contributed by atoms with Crippen LogP contribution < -0.4 is 5.32 Å². The van der Waals surface area contributed by atoms with Crippen molar-refractivity contribution >= 4 is 28.9 Å². The molecule has 3 heterocycles. The van der Waals surface area contributed by atoms with Gasteiger partial charge in [0, 0.05) is 36.8 Å². The summed E-state index contributed by atoms with van der Waals surface area (Å²) < 4.78 is 7.63. The van der Waals surface area contributed by atoms with Crippen LogP contribution in [-0.4, -0.2) is 59.8 Å². The molecule has 0 radical (unpaired) electrons. The van der Waals surface area contributed by atoms with Crippen molar-refractivity contribution in [1.29, 1.82) is 0 Å². The molecule has 1 aromatic carbocycles. The zero-order valence-corrected chi connectivity index (χ0v) is 19.1. The summed E-state index contributed by atoms with van der Waals surface area (Å²) in [7, 11) is 3.92. The zero-order chi connectivity index (χ0) is 21.8. The summed E-state index contributed by atoms with van der Waals surface area (Å²) in [5.41, 5.74) is 7.61. The molecule has 1 saturated heterocycles. The highest BCUT2D eigenvalue weighted by molar-refractivity contribution is 5.80. The summed E-state index contributed by atoms with van der Waals surface area (Å²) in [6, 6.07) is 8.96. The molecule has 0 atom stereocenters. The Morgan fingerprint density at radius 3 is 2.71 bits per heavy atom. The number of fused-ring (bicyclic) bond motifs is 1. The number of ether oxygens (including phenoxy) is 1. The van der Waals surface area contributed by atoms with Crippen molar-refractivity contribution in [3.63, 3.8) is 0 Å². The van der Waals surface area contributed by atoms with Gasteiger partial charge in [0.15, 0.2) is 0 Å². The Morgan fingerprint density at radius 2 is 1.94 bits per heavy atom. The summed E-state index contributed by atoms with van der Waals surface area (Å²) in [5, 5.41) is 3.35. The number of nitrogens with one attached hydrogen (secondary N) is 1. The van der Waals surface area contributed by atoms with E-state index in [1.54, 1.807) is 7.11 Å². The van der Waals surface area contributed by atoms with Gasteiger partial charge < -0.3 is 19.5 Å². The molecule has 0 amide bonds. The number of methoxy groups -OCH3 is 1. The van der Waals surface area contributed by atoms with Gasteiger partial charge in [-0.2, -0.15) is 0 Å². The van der Waals surface area contributed by atoms with E-state index >= 15 is 0 Å². The van der Waals surface area contributed by atoms with Crippen LogP contribution in [0.3, 0.4) is 0 Å². The topological polar surface area (TPSA) is 55.2 Å². The third-order valence-electron chi connectivity index (χ3n) is 6.21. The molecule has 164 valence electrons. The fraction of sp³-hybridized carbons (Fsp3) is 0.440. The maximum absolute atomic E-state index is 5.10. The highest BCUT2D eigenvalue weighted by Gasteiger charge is 2.21. The van der Waals surface area contributed by atoms with Crippen molar-refractivity contribution in [1.82, 2.24) is 19.4 Å². The van der Waals surface area contributed by atoms with Gasteiger partial charge in [-0.25, -0.2) is 4.98 Å². The fourth-order valence-electron chi connectivity index (χ4n) is 4.48. The van der Waals surface area contributed by atoms with E-state index in [-0.39, 0.29) is 0 Å². The minimum atomic E-state index is 0.600. The number of hydrogen-bond acceptors (Lipinski definition) is 5. The second-order valence-corrected chi connectivity index (χ2v) is 8.48. The lowest BCUT2D eigenvalue weighted by atomic mass is 10.0. The second-order valence-electron chi connectivity index (χ2n) is 8.48. The molecular formula is C25H33N5O. The Morgan fingerprint density at radius 1 is 1.13 bits per heavy atom. The maximum atomic E-state index is 5.10. The number of anilines is 1. The molecule has 6 heteroatoms. The summed E-state index contributed by atoms with van der Waals surface area (Å²) in [6.07, 6.45) is 8.51. The lowest BCUT2D eigenvalue weighted by molar-refractivity contribution is 0.211. The number of nitrogens with zero attached hydrogens (tertiary/aromatic N) is 4. The van der Waals surface area contributed by atoms with Crippen molar-refractivity contribution in [3.05, 3.63) is 53.1 Å². The van der Waals surface area contributed by atoms with Crippen LogP contribution in [0, 0.1) is 13.8 Å². The van der Waals surface area contributed by atoms with Gasteiger partial charge in [-0.3, -0.25) is 4.98 Å². The number of benzene rings is 1. The van der Waals surface area contributed by atoms with Crippen LogP contribution in [0.1, 0.15) is 41.5 Å². The number of aryl methyl sites for hydroxylation is 1. The molecule has 4 rings (SSSR count). The molecule has 0 saturated carbocycles. The van der Waals surface area contributed by atoms with Gasteiger partial charge in [-0.1, -0.05) is 6.08 Å². The van der Waals surface area contributed by atoms with Crippen LogP contribution >= 0.6 is 0 Å². The largest absolute Gasteiger partial charge is 0.383 e. The molecule has 3 aromatic rings. The van der Waals surface area contributed by atoms with Crippen LogP contribution in [0.25, 0.3) is 23.2 Å². The standard InChI is InChI=1S/C25H33N5O/c1-18-15-20(19(2)30(18)23-9-12-29(3)13-10-23)5-6-22-17-27-24-8-7-21(16-25(24)28-22)26-11-14-31-4/h5-8,15-17,23,26H,9-14H2,1-4H3/b6-5+. The van der Waals surface area contributed by atoms with Crippen LogP contribution in [0.2, 0.25) is 0 Å². The zero-order valence-electron chi connectivity index (χ0n) is 19.1. The van der Waals surface area contributed by atoms with E-state index in [4.69, 9.17) is 9.72 Å². The molecule has 1 N–H and O–H groups in total. The first-order valence-electron chi connectivity index (χ1n) is 11.1. The Balaban J connectivity index is 1.53. The van der Waals surface area contributed by atoms with Gasteiger partial charge in [-0.05, 0) is 82.7 Å². The Bertz CT molecular complexity index is 1060. The fourth-order valence-corrected chi connectivity index (χ4v) is 4.48. The van der Waals surface area contributed by atoms with Gasteiger partial charge in [0.25, 0.3) is 0 Å². The minimum Gasteiger partial charge on any atom is -0.383 e. The number of likely N-dealkylation sites (tertiary alicyclic amines) is 1.